The minimum atomic E-state index is -5.00. The summed E-state index contributed by atoms with van der Waals surface area (Å²) in [5.74, 6) is -2.87. The van der Waals surface area contributed by atoms with Gasteiger partial charge in [-0.05, 0) is 99.5 Å². The molecule has 3 aromatic rings. The molecule has 52 heavy (non-hydrogen) atoms. The molecule has 1 aromatic heterocycles. The predicted molar refractivity (Wildman–Crippen MR) is 195 cm³/mol. The molecule has 4 saturated heterocycles. The van der Waals surface area contributed by atoms with Crippen molar-refractivity contribution in [1.82, 2.24) is 20.0 Å². The van der Waals surface area contributed by atoms with E-state index in [0.717, 1.165) is 63.0 Å². The second-order valence-electron chi connectivity index (χ2n) is 15.5. The molecule has 1 saturated carbocycles. The van der Waals surface area contributed by atoms with Gasteiger partial charge in [-0.2, -0.15) is 0 Å². The first-order valence-corrected chi connectivity index (χ1v) is 20.9. The van der Waals surface area contributed by atoms with Crippen LogP contribution in [0.25, 0.3) is 10.1 Å². The Morgan fingerprint density at radius 1 is 1.10 bits per heavy atom. The van der Waals surface area contributed by atoms with Crippen LogP contribution in [0.5, 0.6) is 0 Å². The van der Waals surface area contributed by atoms with E-state index >= 15 is 0 Å². The van der Waals surface area contributed by atoms with E-state index in [1.165, 1.54) is 17.7 Å². The number of amides is 3. The number of likely N-dealkylation sites (N-methyl/N-ethyl adjacent to an activating group) is 1. The number of carbonyl (C=O) groups is 3. The van der Waals surface area contributed by atoms with Gasteiger partial charge in [0.1, 0.15) is 12.1 Å². The number of nitrogens with one attached hydrogen (secondary N) is 1. The summed E-state index contributed by atoms with van der Waals surface area (Å²) in [6.45, 7) is 2.20. The Morgan fingerprint density at radius 2 is 1.87 bits per heavy atom. The molecule has 0 radical (unpaired) electrons. The predicted octanol–water partition coefficient (Wildman–Crippen LogP) is 5.33. The number of benzene rings is 2. The number of halogens is 1. The first-order valence-electron chi connectivity index (χ1n) is 18.4. The Hall–Kier alpha value is -3.19. The van der Waals surface area contributed by atoms with Crippen molar-refractivity contribution in [2.45, 2.75) is 105 Å². The highest BCUT2D eigenvalue weighted by Crippen LogP contribution is 2.55. The maximum absolute atomic E-state index is 14.6. The number of hydrogen-bond acceptors (Lipinski definition) is 7. The Morgan fingerprint density at radius 3 is 2.56 bits per heavy atom. The molecule has 4 aliphatic heterocycles. The smallest absolute Gasteiger partial charge is 0.363 e. The van der Waals surface area contributed by atoms with Gasteiger partial charge in [0, 0.05) is 47.9 Å². The number of nitrogens with zero attached hydrogens (tertiary/aromatic N) is 3. The molecule has 14 heteroatoms. The third-order valence-electron chi connectivity index (χ3n) is 12.2. The highest BCUT2D eigenvalue weighted by Gasteiger charge is 2.58. The van der Waals surface area contributed by atoms with Gasteiger partial charge in [0.2, 0.25) is 17.7 Å². The van der Waals surface area contributed by atoms with Crippen molar-refractivity contribution in [3.8, 4) is 0 Å². The lowest BCUT2D eigenvalue weighted by atomic mass is 9.93. The fourth-order valence-corrected chi connectivity index (χ4v) is 10.6. The number of alkyl halides is 1. The van der Waals surface area contributed by atoms with Crippen molar-refractivity contribution < 1.29 is 37.9 Å². The van der Waals surface area contributed by atoms with Crippen LogP contribution < -0.4 is 5.32 Å². The molecule has 5 fully saturated rings. The second kappa shape index (κ2) is 13.9. The van der Waals surface area contributed by atoms with Crippen LogP contribution in [0, 0.1) is 0 Å². The van der Waals surface area contributed by atoms with Crippen molar-refractivity contribution in [3.63, 3.8) is 0 Å². The summed E-state index contributed by atoms with van der Waals surface area (Å²) < 4.78 is 32.4. The van der Waals surface area contributed by atoms with Crippen LogP contribution in [0.15, 0.2) is 54.6 Å². The second-order valence-corrected chi connectivity index (χ2v) is 18.2. The summed E-state index contributed by atoms with van der Waals surface area (Å²) in [7, 11) is -2.91. The Kier molecular flexibility index (Phi) is 9.58. The van der Waals surface area contributed by atoms with Gasteiger partial charge in [0.05, 0.1) is 11.0 Å². The normalized spacial score (nSPS) is 29.1. The van der Waals surface area contributed by atoms with Gasteiger partial charge in [-0.1, -0.05) is 36.4 Å². The topological polar surface area (TPSA) is 140 Å². The molecule has 278 valence electrons. The molecule has 1 spiro atoms. The molecule has 7 atom stereocenters. The Labute approximate surface area is 306 Å². The van der Waals surface area contributed by atoms with E-state index in [9.17, 15) is 33.1 Å². The molecule has 1 aliphatic carbocycles. The summed E-state index contributed by atoms with van der Waals surface area (Å²) in [6.07, 6.45) is 7.24. The van der Waals surface area contributed by atoms with Gasteiger partial charge in [-0.25, -0.2) is 4.39 Å². The average Bonchev–Trinajstić information content (AvgIpc) is 3.40. The quantitative estimate of drug-likeness (QED) is 0.250. The van der Waals surface area contributed by atoms with E-state index in [0.29, 0.717) is 40.8 Å². The molecule has 11 nitrogen and oxygen atoms in total. The lowest BCUT2D eigenvalue weighted by Gasteiger charge is -2.42. The van der Waals surface area contributed by atoms with Crippen molar-refractivity contribution in [2.75, 3.05) is 26.7 Å². The average molecular weight is 753 g/mol. The minimum absolute atomic E-state index is 0.0204. The van der Waals surface area contributed by atoms with E-state index < -0.39 is 31.5 Å². The van der Waals surface area contributed by atoms with Gasteiger partial charge in [0.25, 0.3) is 5.91 Å². The molecule has 3 amide bonds. The van der Waals surface area contributed by atoms with Crippen molar-refractivity contribution in [2.24, 2.45) is 0 Å². The number of fused-ring (bicyclic) bond motifs is 2. The van der Waals surface area contributed by atoms with Crippen LogP contribution in [-0.2, 0) is 18.9 Å². The van der Waals surface area contributed by atoms with Crippen molar-refractivity contribution in [3.05, 3.63) is 70.6 Å². The molecular weight excluding hydrogens is 706 g/mol. The van der Waals surface area contributed by atoms with E-state index in [1.54, 1.807) is 12.1 Å². The molecule has 3 N–H and O–H groups in total. The fraction of sp³-hybridized carbons (Fsp3) is 0.553. The maximum atomic E-state index is 14.6. The number of rotatable bonds is 9. The van der Waals surface area contributed by atoms with Crippen molar-refractivity contribution in [1.29, 1.82) is 0 Å². The number of thiophene rings is 1. The number of hydrogen-bond donors (Lipinski definition) is 3. The SMILES string of the molecule is CN(C[C@H]1CCO1)[C@H]1CC[C@H](NC(=O)c2cc3cc([C@H](F)P(=O)(O)O)ccc3s2)C(=O)N2[C@H](CC[C@H]2C(=O)N2C[C@H](c3ccccc3)CC23CC3)C1. The first-order chi connectivity index (χ1) is 24.9. The van der Waals surface area contributed by atoms with Gasteiger partial charge in [0.15, 0.2) is 0 Å². The third-order valence-corrected chi connectivity index (χ3v) is 14.2. The highest BCUT2D eigenvalue weighted by molar-refractivity contribution is 7.51. The molecule has 8 rings (SSSR count). The zero-order chi connectivity index (χ0) is 36.4. The molecule has 0 bridgehead atoms. The summed E-state index contributed by atoms with van der Waals surface area (Å²) in [4.78, 5) is 68.3. The van der Waals surface area contributed by atoms with Crippen LogP contribution in [0.4, 0.5) is 4.39 Å². The maximum Gasteiger partial charge on any atom is 0.363 e. The van der Waals surface area contributed by atoms with E-state index in [4.69, 9.17) is 4.74 Å². The summed E-state index contributed by atoms with van der Waals surface area (Å²) in [5.41, 5.74) is 0.929. The Bertz CT molecular complexity index is 1900. The number of ether oxygens (including phenoxy) is 1. The van der Waals surface area contributed by atoms with Crippen LogP contribution in [0.1, 0.15) is 90.4 Å². The molecule has 0 unspecified atom stereocenters. The lowest BCUT2D eigenvalue weighted by Crippen LogP contribution is -2.59. The molecule has 2 aromatic carbocycles. The van der Waals surface area contributed by atoms with Crippen LogP contribution in [0.3, 0.4) is 0 Å². The number of carbonyl (C=O) groups excluding carboxylic acids is 3. The van der Waals surface area contributed by atoms with Gasteiger partial charge in [-0.15, -0.1) is 11.3 Å². The van der Waals surface area contributed by atoms with Crippen LogP contribution in [-0.4, -0.2) is 105 Å². The molecule has 5 heterocycles. The lowest BCUT2D eigenvalue weighted by molar-refractivity contribution is -0.148. The van der Waals surface area contributed by atoms with Gasteiger partial charge in [-0.3, -0.25) is 18.9 Å². The fourth-order valence-electron chi connectivity index (χ4n) is 9.08. The first kappa shape index (κ1) is 35.8. The van der Waals surface area contributed by atoms with Gasteiger partial charge < -0.3 is 34.5 Å². The van der Waals surface area contributed by atoms with E-state index in [2.05, 4.69) is 34.3 Å². The van der Waals surface area contributed by atoms with E-state index in [-0.39, 0.29) is 47.0 Å². The molecule has 5 aliphatic rings. The van der Waals surface area contributed by atoms with E-state index in [1.807, 2.05) is 23.1 Å². The zero-order valence-electron chi connectivity index (χ0n) is 29.2. The summed E-state index contributed by atoms with van der Waals surface area (Å²) in [5, 5.41) is 3.49. The standard InChI is InChI=1S/C38H46FN4O7PS/c1-41(22-29-13-16-50-29)27-8-10-30(40-35(44)33-18-25-17-24(7-12-32(25)52-33)34(39)51(47,48)49)36(45)43-28(19-27)9-11-31(43)37(46)42-21-26(20-38(42)14-15-38)23-5-3-2-4-6-23/h2-7,12,17-18,26-31,34H,8-11,13-16,19-22H2,1H3,(H,40,44)(H2,47,48,49)/t26-,27+,28-,29-,30+,31+,34-/m1/s1. The summed E-state index contributed by atoms with van der Waals surface area (Å²) >= 11 is 1.16. The van der Waals surface area contributed by atoms with Crippen LogP contribution in [0.2, 0.25) is 0 Å². The van der Waals surface area contributed by atoms with Crippen LogP contribution >= 0.6 is 18.9 Å². The number of likely N-dealkylation sites (tertiary alicyclic amines) is 1. The zero-order valence-corrected chi connectivity index (χ0v) is 30.9. The summed E-state index contributed by atoms with van der Waals surface area (Å²) in [6, 6.07) is 14.7. The van der Waals surface area contributed by atoms with Gasteiger partial charge >= 0.3 is 7.60 Å². The Balaban J connectivity index is 1.05. The minimum Gasteiger partial charge on any atom is -0.377 e. The third kappa shape index (κ3) is 6.84. The highest BCUT2D eigenvalue weighted by atomic mass is 32.1. The largest absolute Gasteiger partial charge is 0.377 e. The molecular formula is C38H46FN4O7PS. The monoisotopic (exact) mass is 752 g/mol. The van der Waals surface area contributed by atoms with Crippen molar-refractivity contribution >= 4 is 46.7 Å².